The van der Waals surface area contributed by atoms with Gasteiger partial charge in [-0.3, -0.25) is 23.4 Å². The van der Waals surface area contributed by atoms with E-state index in [1.807, 2.05) is 27.7 Å². The third kappa shape index (κ3) is 9.17. The van der Waals surface area contributed by atoms with Gasteiger partial charge in [0.15, 0.2) is 0 Å². The minimum absolute atomic E-state index is 0.0573. The van der Waals surface area contributed by atoms with E-state index in [4.69, 9.17) is 5.73 Å². The molecule has 0 spiro atoms. The van der Waals surface area contributed by atoms with Crippen molar-refractivity contribution in [2.45, 2.75) is 130 Å². The molecule has 278 valence electrons. The third-order valence-corrected chi connectivity index (χ3v) is 13.6. The third-order valence-electron chi connectivity index (χ3n) is 12.1. The smallest absolute Gasteiger partial charge is 0.315 e. The molecule has 4 fully saturated rings. The average molecular weight is 707 g/mol. The molecule has 0 aromatic heterocycles. The van der Waals surface area contributed by atoms with Gasteiger partial charge in [-0.1, -0.05) is 73.6 Å². The maximum absolute atomic E-state index is 15.0. The van der Waals surface area contributed by atoms with Crippen LogP contribution in [0.4, 0.5) is 4.79 Å². The molecule has 4 aliphatic rings. The number of urea groups is 1. The van der Waals surface area contributed by atoms with Crippen molar-refractivity contribution in [3.63, 3.8) is 0 Å². The number of ketones is 1. The molecular formula is C36H62N6O6S. The Hall–Kier alpha value is -2.67. The van der Waals surface area contributed by atoms with Crippen LogP contribution in [-0.2, 0) is 28.9 Å². The van der Waals surface area contributed by atoms with Crippen LogP contribution < -0.4 is 21.7 Å². The largest absolute Gasteiger partial charge is 0.363 e. The van der Waals surface area contributed by atoms with Gasteiger partial charge in [-0.2, -0.15) is 0 Å². The summed E-state index contributed by atoms with van der Waals surface area (Å²) in [7, 11) is -0.792. The summed E-state index contributed by atoms with van der Waals surface area (Å²) in [5.74, 6) is 1.32. The number of carbonyl (C=O) groups is 5. The molecule has 5 N–H and O–H groups in total. The summed E-state index contributed by atoms with van der Waals surface area (Å²) >= 11 is 0. The molecule has 1 saturated heterocycles. The molecule has 1 heterocycles. The van der Waals surface area contributed by atoms with Gasteiger partial charge >= 0.3 is 6.03 Å². The number of amides is 5. The molecule has 7 atom stereocenters. The van der Waals surface area contributed by atoms with Crippen molar-refractivity contribution in [2.75, 3.05) is 26.4 Å². The summed E-state index contributed by atoms with van der Waals surface area (Å²) in [5.41, 5.74) is 4.33. The lowest BCUT2D eigenvalue weighted by atomic mass is 9.70. The number of nitrogens with two attached hydrogens (primary N) is 1. The molecule has 49 heavy (non-hydrogen) atoms. The first-order valence-corrected chi connectivity index (χ1v) is 20.2. The summed E-state index contributed by atoms with van der Waals surface area (Å²) in [6.45, 7) is 13.0. The van der Waals surface area contributed by atoms with E-state index in [1.165, 1.54) is 0 Å². The number of likely N-dealkylation sites (N-methyl/N-ethyl adjacent to an activating group) is 1. The summed E-state index contributed by atoms with van der Waals surface area (Å²) in [6.07, 6.45) is 9.80. The Kier molecular flexibility index (Phi) is 11.6. The van der Waals surface area contributed by atoms with E-state index >= 15 is 0 Å². The Labute approximate surface area is 293 Å². The van der Waals surface area contributed by atoms with Gasteiger partial charge in [0, 0.05) is 35.1 Å². The molecule has 13 heteroatoms. The Morgan fingerprint density at radius 3 is 2.12 bits per heavy atom. The highest BCUT2D eigenvalue weighted by Gasteiger charge is 2.58. The van der Waals surface area contributed by atoms with Gasteiger partial charge in [-0.15, -0.1) is 0 Å². The molecule has 0 bridgehead atoms. The summed E-state index contributed by atoms with van der Waals surface area (Å²) in [5, 5.41) is 9.02. The number of nitrogens with one attached hydrogen (secondary N) is 3. The van der Waals surface area contributed by atoms with E-state index in [9.17, 15) is 28.2 Å². The summed E-state index contributed by atoms with van der Waals surface area (Å²) in [6, 6.07) is -3.68. The topological polar surface area (TPSA) is 171 Å². The standard InChI is InChI=1S/C36H62N6O6S/c1-34(2,3)26(21-41(7)49(8,9)48)39-33(47)40-29(36(6)16-11-10-12-17-36)32(46)42-20-24-23(15-18-35(24,4)5)27(42)31(45)38-25(19-22-13-14-22)28(43)30(37)44/h22-27,29H,8,10-21H2,1-7,9H3,(H2,37,44)(H,38,45)(H2,39,40,47)/t23-,24-,25?,26+,27-,29+,49?/m0/s1. The van der Waals surface area contributed by atoms with Crippen LogP contribution in [-0.4, -0.2) is 99.4 Å². The zero-order valence-corrected chi connectivity index (χ0v) is 31.9. The molecule has 3 saturated carbocycles. The average Bonchev–Trinajstić information content (AvgIpc) is 3.64. The minimum Gasteiger partial charge on any atom is -0.363 e. The van der Waals surface area contributed by atoms with Crippen LogP contribution in [0.1, 0.15) is 106 Å². The number of likely N-dealkylation sites (tertiary alicyclic amines) is 1. The predicted molar refractivity (Wildman–Crippen MR) is 193 cm³/mol. The van der Waals surface area contributed by atoms with Gasteiger partial charge in [0.1, 0.15) is 12.1 Å². The fourth-order valence-corrected chi connectivity index (χ4v) is 8.83. The molecule has 3 aliphatic carbocycles. The number of rotatable bonds is 13. The first kappa shape index (κ1) is 39.1. The molecule has 5 amide bonds. The van der Waals surface area contributed by atoms with Crippen molar-refractivity contribution >= 4 is 45.1 Å². The Morgan fingerprint density at radius 1 is 0.980 bits per heavy atom. The first-order chi connectivity index (χ1) is 22.5. The van der Waals surface area contributed by atoms with Gasteiger partial charge in [-0.25, -0.2) is 9.10 Å². The fraction of sp³-hybridized carbons (Fsp3) is 0.833. The van der Waals surface area contributed by atoms with Crippen LogP contribution in [0, 0.1) is 34.0 Å². The number of primary amides is 1. The molecular weight excluding hydrogens is 644 g/mol. The lowest BCUT2D eigenvalue weighted by molar-refractivity contribution is -0.145. The minimum atomic E-state index is -2.51. The zero-order chi connectivity index (χ0) is 36.7. The normalized spacial score (nSPS) is 27.7. The Bertz CT molecular complexity index is 1400. The summed E-state index contributed by atoms with van der Waals surface area (Å²) in [4.78, 5) is 69.5. The van der Waals surface area contributed by atoms with Gasteiger partial charge < -0.3 is 26.6 Å². The molecule has 12 nitrogen and oxygen atoms in total. The number of Topliss-reactive ketones (excluding diaryl/α,β-unsaturated/α-hetero) is 1. The van der Waals surface area contributed by atoms with E-state index < -0.39 is 68.3 Å². The predicted octanol–water partition coefficient (Wildman–Crippen LogP) is 2.83. The second-order valence-corrected chi connectivity index (χ2v) is 20.2. The zero-order valence-electron chi connectivity index (χ0n) is 31.1. The molecule has 0 radical (unpaired) electrons. The number of hydrogen-bond donors (Lipinski definition) is 4. The van der Waals surface area contributed by atoms with E-state index in [-0.39, 0.29) is 29.1 Å². The Balaban J connectivity index is 1.64. The lowest BCUT2D eigenvalue weighted by Crippen LogP contribution is -2.63. The van der Waals surface area contributed by atoms with Gasteiger partial charge in [-0.05, 0) is 79.0 Å². The van der Waals surface area contributed by atoms with Crippen molar-refractivity contribution in [3.8, 4) is 0 Å². The number of nitrogens with zero attached hydrogens (tertiary/aromatic N) is 2. The van der Waals surface area contributed by atoms with Crippen molar-refractivity contribution in [3.05, 3.63) is 0 Å². The molecule has 2 unspecified atom stereocenters. The number of hydrogen-bond acceptors (Lipinski definition) is 6. The van der Waals surface area contributed by atoms with E-state index in [0.29, 0.717) is 19.5 Å². The Morgan fingerprint density at radius 2 is 1.59 bits per heavy atom. The van der Waals surface area contributed by atoms with Crippen LogP contribution in [0.2, 0.25) is 0 Å². The quantitative estimate of drug-likeness (QED) is 0.170. The van der Waals surface area contributed by atoms with Crippen molar-refractivity contribution in [1.82, 2.24) is 25.2 Å². The summed E-state index contributed by atoms with van der Waals surface area (Å²) < 4.78 is 14.3. The van der Waals surface area contributed by atoms with Crippen molar-refractivity contribution in [1.29, 1.82) is 0 Å². The van der Waals surface area contributed by atoms with Crippen molar-refractivity contribution < 1.29 is 28.2 Å². The highest BCUT2D eigenvalue weighted by atomic mass is 32.2. The first-order valence-electron chi connectivity index (χ1n) is 18.1. The number of carbonyl (C=O) groups excluding carboxylic acids is 5. The van der Waals surface area contributed by atoms with E-state index in [0.717, 1.165) is 57.8 Å². The second kappa shape index (κ2) is 14.5. The SMILES string of the molecule is C=S(C)(=O)N(C)C[C@@H](NC(=O)N[C@H](C(=O)N1C[C@H]2[C@H](CCC2(C)C)[C@H]1C(=O)NC(CC1CC1)C(=O)C(N)=O)C1(C)CCCCC1)C(C)(C)C. The molecule has 0 aromatic carbocycles. The van der Waals surface area contributed by atoms with E-state index in [1.54, 1.807) is 22.5 Å². The number of fused-ring (bicyclic) bond motifs is 1. The van der Waals surface area contributed by atoms with Crippen LogP contribution in [0.5, 0.6) is 0 Å². The lowest BCUT2D eigenvalue weighted by Gasteiger charge is -2.43. The van der Waals surface area contributed by atoms with Gasteiger partial charge in [0.2, 0.25) is 17.6 Å². The van der Waals surface area contributed by atoms with Crippen molar-refractivity contribution in [2.24, 2.45) is 39.7 Å². The maximum atomic E-state index is 15.0. The molecule has 4 rings (SSSR count). The van der Waals surface area contributed by atoms with Crippen LogP contribution >= 0.6 is 0 Å². The highest BCUT2D eigenvalue weighted by molar-refractivity contribution is 7.97. The van der Waals surface area contributed by atoms with Gasteiger partial charge in [0.25, 0.3) is 5.91 Å². The highest BCUT2D eigenvalue weighted by Crippen LogP contribution is 2.53. The van der Waals surface area contributed by atoms with Crippen LogP contribution in [0.25, 0.3) is 0 Å². The van der Waals surface area contributed by atoms with Crippen LogP contribution in [0.15, 0.2) is 0 Å². The monoisotopic (exact) mass is 706 g/mol. The van der Waals surface area contributed by atoms with Crippen LogP contribution in [0.3, 0.4) is 0 Å². The van der Waals surface area contributed by atoms with E-state index in [2.05, 4.69) is 35.7 Å². The fourth-order valence-electron chi connectivity index (χ4n) is 8.36. The second-order valence-electron chi connectivity index (χ2n) is 17.7. The van der Waals surface area contributed by atoms with Gasteiger partial charge in [0.05, 0.1) is 6.04 Å². The maximum Gasteiger partial charge on any atom is 0.315 e. The molecule has 1 aliphatic heterocycles. The molecule has 0 aromatic rings.